The van der Waals surface area contributed by atoms with Gasteiger partial charge in [-0.05, 0) is 20.8 Å². The molecule has 0 heterocycles. The molecule has 0 amide bonds. The Balaban J connectivity index is 4.23. The average molecular weight is 172 g/mol. The summed E-state index contributed by atoms with van der Waals surface area (Å²) in [6.45, 7) is 5.40. The zero-order valence-corrected chi connectivity index (χ0v) is 7.97. The second-order valence-corrected chi connectivity index (χ2v) is 3.33. The predicted molar refractivity (Wildman–Crippen MR) is 47.2 cm³/mol. The first-order valence-electron chi connectivity index (χ1n) is 3.73. The van der Waals surface area contributed by atoms with Crippen molar-refractivity contribution in [2.75, 3.05) is 7.05 Å². The number of nitrogens with one attached hydrogen (secondary N) is 1. The molecular formula is C8H16N2O2. The summed E-state index contributed by atoms with van der Waals surface area (Å²) < 4.78 is 5.03. The van der Waals surface area contributed by atoms with Crippen LogP contribution in [0, 0.1) is 0 Å². The lowest BCUT2D eigenvalue weighted by molar-refractivity contribution is -0.150. The summed E-state index contributed by atoms with van der Waals surface area (Å²) in [4.78, 5) is 11.2. The quantitative estimate of drug-likeness (QED) is 0.466. The third-order valence-corrected chi connectivity index (χ3v) is 1.05. The van der Waals surface area contributed by atoms with Crippen molar-refractivity contribution in [2.45, 2.75) is 26.4 Å². The number of rotatable bonds is 2. The van der Waals surface area contributed by atoms with E-state index in [2.05, 4.69) is 5.32 Å². The van der Waals surface area contributed by atoms with E-state index in [0.29, 0.717) is 0 Å². The lowest BCUT2D eigenvalue weighted by Crippen LogP contribution is -2.29. The van der Waals surface area contributed by atoms with Crippen LogP contribution in [0.3, 0.4) is 0 Å². The van der Waals surface area contributed by atoms with Crippen molar-refractivity contribution < 1.29 is 9.53 Å². The van der Waals surface area contributed by atoms with Crippen LogP contribution >= 0.6 is 0 Å². The van der Waals surface area contributed by atoms with Crippen LogP contribution in [0.1, 0.15) is 20.8 Å². The highest BCUT2D eigenvalue weighted by molar-refractivity contribution is 5.87. The maximum absolute atomic E-state index is 11.2. The molecule has 0 rings (SSSR count). The summed E-state index contributed by atoms with van der Waals surface area (Å²) in [5, 5.41) is 2.64. The van der Waals surface area contributed by atoms with Gasteiger partial charge in [0.2, 0.25) is 0 Å². The van der Waals surface area contributed by atoms with Gasteiger partial charge in [-0.1, -0.05) is 0 Å². The molecule has 0 aliphatic heterocycles. The molecule has 0 saturated carbocycles. The number of nitrogens with two attached hydrogens (primary N) is 1. The molecular weight excluding hydrogens is 156 g/mol. The van der Waals surface area contributed by atoms with Crippen molar-refractivity contribution in [2.24, 2.45) is 5.73 Å². The average Bonchev–Trinajstić information content (AvgIpc) is 1.85. The summed E-state index contributed by atoms with van der Waals surface area (Å²) in [5.74, 6) is -0.438. The first-order chi connectivity index (χ1) is 5.40. The molecule has 0 aliphatic rings. The van der Waals surface area contributed by atoms with Crippen molar-refractivity contribution in [3.63, 3.8) is 0 Å². The van der Waals surface area contributed by atoms with Crippen molar-refractivity contribution in [1.29, 1.82) is 0 Å². The Morgan fingerprint density at radius 2 is 2.00 bits per heavy atom. The zero-order valence-electron chi connectivity index (χ0n) is 7.97. The van der Waals surface area contributed by atoms with E-state index < -0.39 is 11.6 Å². The van der Waals surface area contributed by atoms with Crippen LogP contribution in [0.4, 0.5) is 0 Å². The van der Waals surface area contributed by atoms with Gasteiger partial charge in [-0.3, -0.25) is 0 Å². The van der Waals surface area contributed by atoms with E-state index in [1.807, 2.05) is 0 Å². The van der Waals surface area contributed by atoms with Crippen molar-refractivity contribution >= 4 is 5.97 Å². The maximum Gasteiger partial charge on any atom is 0.356 e. The van der Waals surface area contributed by atoms with E-state index >= 15 is 0 Å². The van der Waals surface area contributed by atoms with Gasteiger partial charge in [0.25, 0.3) is 0 Å². The van der Waals surface area contributed by atoms with Gasteiger partial charge < -0.3 is 15.8 Å². The molecule has 3 N–H and O–H groups in total. The standard InChI is InChI=1S/C8H16N2O2/c1-8(2,3)12-7(11)6(5-9)10-4/h5,10H,9H2,1-4H3/b6-5+. The molecule has 70 valence electrons. The van der Waals surface area contributed by atoms with Gasteiger partial charge in [0, 0.05) is 13.2 Å². The summed E-state index contributed by atoms with van der Waals surface area (Å²) in [7, 11) is 1.61. The molecule has 0 radical (unpaired) electrons. The number of likely N-dealkylation sites (N-methyl/N-ethyl adjacent to an activating group) is 1. The Kier molecular flexibility index (Phi) is 3.60. The van der Waals surface area contributed by atoms with Gasteiger partial charge in [0.1, 0.15) is 11.3 Å². The van der Waals surface area contributed by atoms with Gasteiger partial charge in [0.15, 0.2) is 0 Å². The predicted octanol–water partition coefficient (Wildman–Crippen LogP) is 0.348. The van der Waals surface area contributed by atoms with E-state index in [1.165, 1.54) is 6.20 Å². The van der Waals surface area contributed by atoms with E-state index in [-0.39, 0.29) is 5.70 Å². The Morgan fingerprint density at radius 3 is 2.25 bits per heavy atom. The molecule has 0 unspecified atom stereocenters. The second kappa shape index (κ2) is 3.99. The largest absolute Gasteiger partial charge is 0.455 e. The van der Waals surface area contributed by atoms with Gasteiger partial charge in [-0.15, -0.1) is 0 Å². The molecule has 0 atom stereocenters. The zero-order chi connectivity index (χ0) is 9.78. The Bertz CT molecular complexity index is 192. The number of hydrogen-bond donors (Lipinski definition) is 2. The highest BCUT2D eigenvalue weighted by Crippen LogP contribution is 2.08. The highest BCUT2D eigenvalue weighted by Gasteiger charge is 2.18. The molecule has 0 spiro atoms. The fourth-order valence-corrected chi connectivity index (χ4v) is 0.587. The molecule has 0 aromatic rings. The first kappa shape index (κ1) is 10.8. The minimum Gasteiger partial charge on any atom is -0.455 e. The van der Waals surface area contributed by atoms with Gasteiger partial charge in [0.05, 0.1) is 0 Å². The first-order valence-corrected chi connectivity index (χ1v) is 3.73. The molecule has 4 nitrogen and oxygen atoms in total. The number of ether oxygens (including phenoxy) is 1. The summed E-state index contributed by atoms with van der Waals surface area (Å²) in [5.41, 5.74) is 4.96. The van der Waals surface area contributed by atoms with E-state index in [9.17, 15) is 4.79 Å². The molecule has 0 aromatic heterocycles. The minimum absolute atomic E-state index is 0.268. The smallest absolute Gasteiger partial charge is 0.356 e. The summed E-state index contributed by atoms with van der Waals surface area (Å²) >= 11 is 0. The monoisotopic (exact) mass is 172 g/mol. The molecule has 0 fully saturated rings. The molecule has 0 aromatic carbocycles. The highest BCUT2D eigenvalue weighted by atomic mass is 16.6. The van der Waals surface area contributed by atoms with Crippen molar-refractivity contribution in [1.82, 2.24) is 5.32 Å². The fourth-order valence-electron chi connectivity index (χ4n) is 0.587. The fraction of sp³-hybridized carbons (Fsp3) is 0.625. The maximum atomic E-state index is 11.2. The Labute approximate surface area is 72.8 Å². The number of esters is 1. The van der Waals surface area contributed by atoms with Crippen LogP contribution in [0.2, 0.25) is 0 Å². The van der Waals surface area contributed by atoms with Crippen LogP contribution in [0.15, 0.2) is 11.9 Å². The van der Waals surface area contributed by atoms with Crippen molar-refractivity contribution in [3.05, 3.63) is 11.9 Å². The molecule has 4 heteroatoms. The topological polar surface area (TPSA) is 64.3 Å². The van der Waals surface area contributed by atoms with Crippen LogP contribution in [-0.2, 0) is 9.53 Å². The lowest BCUT2D eigenvalue weighted by Gasteiger charge is -2.20. The van der Waals surface area contributed by atoms with Gasteiger partial charge >= 0.3 is 5.97 Å². The molecule has 0 aliphatic carbocycles. The molecule has 0 saturated heterocycles. The summed E-state index contributed by atoms with van der Waals surface area (Å²) in [6.07, 6.45) is 1.19. The Morgan fingerprint density at radius 1 is 1.50 bits per heavy atom. The van der Waals surface area contributed by atoms with E-state index in [0.717, 1.165) is 0 Å². The number of carbonyl (C=O) groups is 1. The van der Waals surface area contributed by atoms with Gasteiger partial charge in [-0.25, -0.2) is 4.79 Å². The van der Waals surface area contributed by atoms with Crippen molar-refractivity contribution in [3.8, 4) is 0 Å². The van der Waals surface area contributed by atoms with Crippen LogP contribution in [-0.4, -0.2) is 18.6 Å². The van der Waals surface area contributed by atoms with Gasteiger partial charge in [-0.2, -0.15) is 0 Å². The Hall–Kier alpha value is -1.19. The third-order valence-electron chi connectivity index (χ3n) is 1.05. The molecule has 12 heavy (non-hydrogen) atoms. The number of hydrogen-bond acceptors (Lipinski definition) is 4. The third kappa shape index (κ3) is 3.85. The van der Waals surface area contributed by atoms with E-state index in [1.54, 1.807) is 27.8 Å². The normalized spacial score (nSPS) is 12.5. The summed E-state index contributed by atoms with van der Waals surface area (Å²) in [6, 6.07) is 0. The molecule has 0 bridgehead atoms. The number of carbonyl (C=O) groups excluding carboxylic acids is 1. The van der Waals surface area contributed by atoms with E-state index in [4.69, 9.17) is 10.5 Å². The van der Waals surface area contributed by atoms with Crippen LogP contribution < -0.4 is 11.1 Å². The SMILES string of the molecule is CN/C(=C/N)C(=O)OC(C)(C)C. The minimum atomic E-state index is -0.484. The second-order valence-electron chi connectivity index (χ2n) is 3.33. The van der Waals surface area contributed by atoms with Crippen LogP contribution in [0.5, 0.6) is 0 Å². The lowest BCUT2D eigenvalue weighted by atomic mass is 10.2. The van der Waals surface area contributed by atoms with Crippen LogP contribution in [0.25, 0.3) is 0 Å².